The second-order valence-electron chi connectivity index (χ2n) is 5.00. The van der Waals surface area contributed by atoms with Crippen molar-refractivity contribution in [3.8, 4) is 0 Å². The van der Waals surface area contributed by atoms with Crippen molar-refractivity contribution in [2.75, 3.05) is 38.1 Å². The quantitative estimate of drug-likeness (QED) is 0.767. The molecule has 1 aliphatic heterocycles. The predicted molar refractivity (Wildman–Crippen MR) is 76.8 cm³/mol. The summed E-state index contributed by atoms with van der Waals surface area (Å²) in [7, 11) is 2.13. The minimum absolute atomic E-state index is 0.722. The Hall–Kier alpha value is -1.94. The molecule has 1 saturated heterocycles. The highest BCUT2D eigenvalue weighted by Gasteiger charge is 2.16. The molecule has 0 radical (unpaired) electrons. The van der Waals surface area contributed by atoms with E-state index in [1.165, 1.54) is 0 Å². The van der Waals surface area contributed by atoms with Gasteiger partial charge in [0.15, 0.2) is 6.29 Å². The zero-order valence-corrected chi connectivity index (χ0v) is 11.0. The maximum absolute atomic E-state index is 11.3. The van der Waals surface area contributed by atoms with Crippen LogP contribution in [0.15, 0.2) is 30.3 Å². The van der Waals surface area contributed by atoms with Gasteiger partial charge < -0.3 is 9.80 Å². The molecule has 0 bridgehead atoms. The maximum atomic E-state index is 11.3. The van der Waals surface area contributed by atoms with Crippen molar-refractivity contribution < 1.29 is 4.79 Å². The van der Waals surface area contributed by atoms with Gasteiger partial charge in [0.25, 0.3) is 0 Å². The molecule has 4 nitrogen and oxygen atoms in total. The molecule has 0 saturated carbocycles. The minimum Gasteiger partial charge on any atom is -0.354 e. The standard InChI is InChI=1S/C15H17N3O/c1-17-6-8-18(9-7-17)15-10-12(11-19)13-4-2-3-5-14(13)16-15/h2-5,10-11H,6-9H2,1H3. The summed E-state index contributed by atoms with van der Waals surface area (Å²) in [6.45, 7) is 3.98. The fourth-order valence-electron chi connectivity index (χ4n) is 2.48. The van der Waals surface area contributed by atoms with Gasteiger partial charge in [-0.15, -0.1) is 0 Å². The van der Waals surface area contributed by atoms with E-state index in [-0.39, 0.29) is 0 Å². The first-order valence-corrected chi connectivity index (χ1v) is 6.56. The second kappa shape index (κ2) is 4.97. The molecular weight excluding hydrogens is 238 g/mol. The van der Waals surface area contributed by atoms with Crippen LogP contribution < -0.4 is 4.90 Å². The van der Waals surface area contributed by atoms with Gasteiger partial charge in [0.1, 0.15) is 5.82 Å². The molecule has 0 aliphatic carbocycles. The number of anilines is 1. The van der Waals surface area contributed by atoms with Gasteiger partial charge in [-0.05, 0) is 19.2 Å². The molecule has 1 aromatic carbocycles. The van der Waals surface area contributed by atoms with Gasteiger partial charge in [0.05, 0.1) is 5.52 Å². The summed E-state index contributed by atoms with van der Waals surface area (Å²) in [5.74, 6) is 0.911. The average molecular weight is 255 g/mol. The van der Waals surface area contributed by atoms with Gasteiger partial charge in [-0.3, -0.25) is 4.79 Å². The molecule has 0 atom stereocenters. The van der Waals surface area contributed by atoms with Crippen LogP contribution in [0, 0.1) is 0 Å². The van der Waals surface area contributed by atoms with E-state index in [2.05, 4.69) is 21.8 Å². The number of carbonyl (C=O) groups excluding carboxylic acids is 1. The lowest BCUT2D eigenvalue weighted by atomic mass is 10.1. The van der Waals surface area contributed by atoms with Crippen molar-refractivity contribution in [2.24, 2.45) is 0 Å². The van der Waals surface area contributed by atoms with Gasteiger partial charge in [-0.25, -0.2) is 4.98 Å². The van der Waals surface area contributed by atoms with E-state index in [4.69, 9.17) is 0 Å². The minimum atomic E-state index is 0.722. The SMILES string of the molecule is CN1CCN(c2cc(C=O)c3ccccc3n2)CC1. The number of aromatic nitrogens is 1. The number of para-hydroxylation sites is 1. The topological polar surface area (TPSA) is 36.4 Å². The molecule has 2 aromatic rings. The van der Waals surface area contributed by atoms with Crippen molar-refractivity contribution in [3.63, 3.8) is 0 Å². The molecule has 1 aromatic heterocycles. The number of pyridine rings is 1. The van der Waals surface area contributed by atoms with E-state index in [0.29, 0.717) is 0 Å². The zero-order valence-electron chi connectivity index (χ0n) is 11.0. The molecule has 4 heteroatoms. The normalized spacial score (nSPS) is 16.8. The summed E-state index contributed by atoms with van der Waals surface area (Å²) in [6, 6.07) is 9.70. The Labute approximate surface area is 112 Å². The molecule has 0 unspecified atom stereocenters. The Kier molecular flexibility index (Phi) is 3.17. The van der Waals surface area contributed by atoms with Gasteiger partial charge in [0, 0.05) is 37.1 Å². The summed E-state index contributed by atoms with van der Waals surface area (Å²) < 4.78 is 0. The van der Waals surface area contributed by atoms with Crippen LogP contribution in [0.2, 0.25) is 0 Å². The Bertz CT molecular complexity index is 603. The molecule has 2 heterocycles. The summed E-state index contributed by atoms with van der Waals surface area (Å²) in [4.78, 5) is 20.5. The summed E-state index contributed by atoms with van der Waals surface area (Å²) in [6.07, 6.45) is 0.920. The van der Waals surface area contributed by atoms with Gasteiger partial charge in [-0.1, -0.05) is 18.2 Å². The highest BCUT2D eigenvalue weighted by Crippen LogP contribution is 2.22. The lowest BCUT2D eigenvalue weighted by Gasteiger charge is -2.33. The number of carbonyl (C=O) groups is 1. The fraction of sp³-hybridized carbons (Fsp3) is 0.333. The van der Waals surface area contributed by atoms with Crippen LogP contribution in [-0.2, 0) is 0 Å². The maximum Gasteiger partial charge on any atom is 0.150 e. The van der Waals surface area contributed by atoms with Crippen molar-refractivity contribution in [2.45, 2.75) is 0 Å². The first-order chi connectivity index (χ1) is 9.28. The summed E-state index contributed by atoms with van der Waals surface area (Å²) >= 11 is 0. The highest BCUT2D eigenvalue weighted by molar-refractivity contribution is 5.97. The molecule has 98 valence electrons. The number of hydrogen-bond acceptors (Lipinski definition) is 4. The van der Waals surface area contributed by atoms with Crippen LogP contribution in [0.4, 0.5) is 5.82 Å². The van der Waals surface area contributed by atoms with Crippen LogP contribution in [-0.4, -0.2) is 49.4 Å². The van der Waals surface area contributed by atoms with Crippen molar-refractivity contribution in [3.05, 3.63) is 35.9 Å². The molecule has 0 N–H and O–H groups in total. The lowest BCUT2D eigenvalue weighted by Crippen LogP contribution is -2.44. The van der Waals surface area contributed by atoms with Crippen LogP contribution in [0.25, 0.3) is 10.9 Å². The van der Waals surface area contributed by atoms with E-state index >= 15 is 0 Å². The van der Waals surface area contributed by atoms with Crippen molar-refractivity contribution in [1.82, 2.24) is 9.88 Å². The molecule has 19 heavy (non-hydrogen) atoms. The van der Waals surface area contributed by atoms with Crippen LogP contribution in [0.1, 0.15) is 10.4 Å². The third-order valence-electron chi connectivity index (χ3n) is 3.69. The molecular formula is C15H17N3O. The zero-order chi connectivity index (χ0) is 13.2. The first kappa shape index (κ1) is 12.1. The Morgan fingerprint density at radius 2 is 1.89 bits per heavy atom. The average Bonchev–Trinajstić information content (AvgIpc) is 2.47. The van der Waals surface area contributed by atoms with Gasteiger partial charge >= 0.3 is 0 Å². The smallest absolute Gasteiger partial charge is 0.150 e. The number of likely N-dealkylation sites (N-methyl/N-ethyl adjacent to an activating group) is 1. The van der Waals surface area contributed by atoms with Gasteiger partial charge in [-0.2, -0.15) is 0 Å². The second-order valence-corrected chi connectivity index (χ2v) is 5.00. The monoisotopic (exact) mass is 255 g/mol. The van der Waals surface area contributed by atoms with E-state index < -0.39 is 0 Å². The number of aldehydes is 1. The Morgan fingerprint density at radius 1 is 1.16 bits per heavy atom. The molecule has 1 aliphatic rings. The van der Waals surface area contributed by atoms with Crippen LogP contribution in [0.3, 0.4) is 0 Å². The number of fused-ring (bicyclic) bond motifs is 1. The molecule has 0 spiro atoms. The van der Waals surface area contributed by atoms with Crippen LogP contribution in [0.5, 0.6) is 0 Å². The number of hydrogen-bond donors (Lipinski definition) is 0. The fourth-order valence-corrected chi connectivity index (χ4v) is 2.48. The first-order valence-electron chi connectivity index (χ1n) is 6.56. The number of benzene rings is 1. The Balaban J connectivity index is 2.02. The van der Waals surface area contributed by atoms with E-state index in [0.717, 1.165) is 54.7 Å². The molecule has 3 rings (SSSR count). The number of piperazine rings is 1. The van der Waals surface area contributed by atoms with Crippen molar-refractivity contribution >= 4 is 23.0 Å². The Morgan fingerprint density at radius 3 is 2.63 bits per heavy atom. The van der Waals surface area contributed by atoms with E-state index in [1.54, 1.807) is 0 Å². The highest BCUT2D eigenvalue weighted by atomic mass is 16.1. The third kappa shape index (κ3) is 2.31. The molecule has 1 fully saturated rings. The van der Waals surface area contributed by atoms with E-state index in [1.807, 2.05) is 30.3 Å². The van der Waals surface area contributed by atoms with Crippen molar-refractivity contribution in [1.29, 1.82) is 0 Å². The molecule has 0 amide bonds. The largest absolute Gasteiger partial charge is 0.354 e. The lowest BCUT2D eigenvalue weighted by molar-refractivity contribution is 0.112. The predicted octanol–water partition coefficient (Wildman–Crippen LogP) is 1.80. The summed E-state index contributed by atoms with van der Waals surface area (Å²) in [5, 5.41) is 0.926. The van der Waals surface area contributed by atoms with E-state index in [9.17, 15) is 4.79 Å². The third-order valence-corrected chi connectivity index (χ3v) is 3.69. The van der Waals surface area contributed by atoms with Gasteiger partial charge in [0.2, 0.25) is 0 Å². The van der Waals surface area contributed by atoms with Crippen LogP contribution >= 0.6 is 0 Å². The summed E-state index contributed by atoms with van der Waals surface area (Å²) in [5.41, 5.74) is 1.61. The number of rotatable bonds is 2. The number of nitrogens with zero attached hydrogens (tertiary/aromatic N) is 3.